The molecule has 2 heterocycles. The Morgan fingerprint density at radius 3 is 2.67 bits per heavy atom. The summed E-state index contributed by atoms with van der Waals surface area (Å²) in [6.07, 6.45) is 4.53. The van der Waals surface area contributed by atoms with Crippen LogP contribution in [-0.4, -0.2) is 26.7 Å². The highest BCUT2D eigenvalue weighted by Gasteiger charge is 2.19. The zero-order chi connectivity index (χ0) is 13.8. The van der Waals surface area contributed by atoms with E-state index in [1.165, 1.54) is 12.8 Å². The smallest absolute Gasteiger partial charge is 0.237 e. The predicted octanol–water partition coefficient (Wildman–Crippen LogP) is 1.45. The molecule has 1 aliphatic rings. The second kappa shape index (κ2) is 9.23. The maximum atomic E-state index is 11.8. The molecule has 0 aliphatic carbocycles. The first-order valence-electron chi connectivity index (χ1n) is 7.04. The highest BCUT2D eigenvalue weighted by molar-refractivity contribution is 5.85. The molecule has 21 heavy (non-hydrogen) atoms. The van der Waals surface area contributed by atoms with Crippen molar-refractivity contribution in [3.05, 3.63) is 11.6 Å². The monoisotopic (exact) mass is 337 g/mol. The van der Waals surface area contributed by atoms with E-state index in [1.807, 2.05) is 13.8 Å². The molecule has 1 atom stereocenters. The number of carbonyl (C=O) groups is 1. The van der Waals surface area contributed by atoms with Crippen molar-refractivity contribution in [3.8, 4) is 0 Å². The highest BCUT2D eigenvalue weighted by atomic mass is 35.5. The number of halogens is 2. The Labute approximate surface area is 138 Å². The molecule has 0 saturated carbocycles. The van der Waals surface area contributed by atoms with Crippen molar-refractivity contribution >= 4 is 30.7 Å². The van der Waals surface area contributed by atoms with Gasteiger partial charge in [-0.3, -0.25) is 4.79 Å². The summed E-state index contributed by atoms with van der Waals surface area (Å²) in [4.78, 5) is 11.8. The van der Waals surface area contributed by atoms with Crippen molar-refractivity contribution in [1.29, 1.82) is 0 Å². The number of amides is 1. The first-order chi connectivity index (χ1) is 9.09. The van der Waals surface area contributed by atoms with Crippen molar-refractivity contribution in [2.45, 2.75) is 58.7 Å². The summed E-state index contributed by atoms with van der Waals surface area (Å²) in [6.45, 7) is 5.23. The zero-order valence-electron chi connectivity index (χ0n) is 12.5. The molecule has 0 bridgehead atoms. The van der Waals surface area contributed by atoms with Crippen LogP contribution in [0.1, 0.15) is 44.8 Å². The topological polar surface area (TPSA) is 85.8 Å². The molecular formula is C13H25Cl2N5O. The van der Waals surface area contributed by atoms with E-state index in [-0.39, 0.29) is 36.6 Å². The quantitative estimate of drug-likeness (QED) is 0.870. The second-order valence-corrected chi connectivity index (χ2v) is 5.48. The van der Waals surface area contributed by atoms with Crippen LogP contribution in [0.15, 0.2) is 0 Å². The van der Waals surface area contributed by atoms with Gasteiger partial charge < -0.3 is 15.6 Å². The second-order valence-electron chi connectivity index (χ2n) is 5.48. The van der Waals surface area contributed by atoms with Crippen molar-refractivity contribution in [2.24, 2.45) is 11.7 Å². The number of aryl methyl sites for hydroxylation is 1. The Morgan fingerprint density at radius 1 is 1.29 bits per heavy atom. The average molecular weight is 338 g/mol. The van der Waals surface area contributed by atoms with Gasteiger partial charge in [0.15, 0.2) is 5.82 Å². The lowest BCUT2D eigenvalue weighted by atomic mass is 10.1. The molecule has 0 aromatic carbocycles. The van der Waals surface area contributed by atoms with Gasteiger partial charge in [-0.2, -0.15) is 0 Å². The lowest BCUT2D eigenvalue weighted by Gasteiger charge is -2.15. The number of nitrogens with zero attached hydrogens (tertiary/aromatic N) is 3. The number of hydrogen-bond acceptors (Lipinski definition) is 4. The van der Waals surface area contributed by atoms with E-state index in [9.17, 15) is 4.79 Å². The summed E-state index contributed by atoms with van der Waals surface area (Å²) in [5.74, 6) is 1.88. The van der Waals surface area contributed by atoms with Gasteiger partial charge in [0, 0.05) is 13.0 Å². The highest BCUT2D eigenvalue weighted by Crippen LogP contribution is 2.14. The summed E-state index contributed by atoms with van der Waals surface area (Å²) < 4.78 is 2.13. The van der Waals surface area contributed by atoms with Crippen LogP contribution in [0.2, 0.25) is 0 Å². The molecule has 2 rings (SSSR count). The molecule has 3 N–H and O–H groups in total. The van der Waals surface area contributed by atoms with E-state index >= 15 is 0 Å². The fourth-order valence-electron chi connectivity index (χ4n) is 2.26. The van der Waals surface area contributed by atoms with Crippen LogP contribution in [0.25, 0.3) is 0 Å². The number of aromatic nitrogens is 3. The van der Waals surface area contributed by atoms with Gasteiger partial charge in [-0.25, -0.2) is 0 Å². The molecule has 0 spiro atoms. The van der Waals surface area contributed by atoms with Crippen molar-refractivity contribution in [2.75, 3.05) is 0 Å². The van der Waals surface area contributed by atoms with Crippen molar-refractivity contribution in [1.82, 2.24) is 20.1 Å². The number of nitrogens with two attached hydrogens (primary N) is 1. The van der Waals surface area contributed by atoms with Gasteiger partial charge in [-0.1, -0.05) is 20.3 Å². The maximum Gasteiger partial charge on any atom is 0.237 e. The van der Waals surface area contributed by atoms with E-state index < -0.39 is 6.04 Å². The largest absolute Gasteiger partial charge is 0.347 e. The fraction of sp³-hybridized carbons (Fsp3) is 0.769. The Balaban J connectivity index is 0.00000200. The van der Waals surface area contributed by atoms with Gasteiger partial charge in [0.05, 0.1) is 12.6 Å². The molecule has 6 nitrogen and oxygen atoms in total. The minimum absolute atomic E-state index is 0. The van der Waals surface area contributed by atoms with E-state index in [0.717, 1.165) is 31.0 Å². The molecule has 1 aromatic heterocycles. The van der Waals surface area contributed by atoms with Crippen LogP contribution in [0.3, 0.4) is 0 Å². The minimum atomic E-state index is -0.466. The molecule has 0 radical (unpaired) electrons. The molecule has 0 saturated heterocycles. The molecule has 122 valence electrons. The number of nitrogens with one attached hydrogen (secondary N) is 1. The lowest BCUT2D eigenvalue weighted by molar-refractivity contribution is -0.123. The summed E-state index contributed by atoms with van der Waals surface area (Å²) in [5.41, 5.74) is 5.81. The van der Waals surface area contributed by atoms with Gasteiger partial charge in [0.2, 0.25) is 5.91 Å². The first-order valence-corrected chi connectivity index (χ1v) is 7.04. The summed E-state index contributed by atoms with van der Waals surface area (Å²) in [6, 6.07) is -0.466. The predicted molar refractivity (Wildman–Crippen MR) is 86.7 cm³/mol. The maximum absolute atomic E-state index is 11.8. The van der Waals surface area contributed by atoms with Crippen LogP contribution in [0, 0.1) is 5.92 Å². The van der Waals surface area contributed by atoms with Crippen LogP contribution < -0.4 is 11.1 Å². The lowest BCUT2D eigenvalue weighted by Crippen LogP contribution is -2.43. The Hall–Kier alpha value is -0.850. The Bertz CT molecular complexity index is 450. The van der Waals surface area contributed by atoms with Crippen molar-refractivity contribution in [3.63, 3.8) is 0 Å². The van der Waals surface area contributed by atoms with Gasteiger partial charge in [-0.15, -0.1) is 35.0 Å². The normalized spacial score (nSPS) is 15.2. The number of carbonyl (C=O) groups excluding carboxylic acids is 1. The molecule has 8 heteroatoms. The van der Waals surface area contributed by atoms with E-state index in [4.69, 9.17) is 5.73 Å². The first kappa shape index (κ1) is 20.1. The number of rotatable bonds is 4. The van der Waals surface area contributed by atoms with Gasteiger partial charge >= 0.3 is 0 Å². The van der Waals surface area contributed by atoms with Crippen molar-refractivity contribution < 1.29 is 4.79 Å². The summed E-state index contributed by atoms with van der Waals surface area (Å²) in [5, 5.41) is 11.2. The van der Waals surface area contributed by atoms with Crippen LogP contribution in [0.4, 0.5) is 0 Å². The zero-order valence-corrected chi connectivity index (χ0v) is 14.2. The molecule has 1 aliphatic heterocycles. The fourth-order valence-corrected chi connectivity index (χ4v) is 2.26. The standard InChI is InChI=1S/C13H23N5O.2ClH/c1-9(2)12(14)13(19)15-8-11-17-16-10-6-4-3-5-7-18(10)11;;/h9,12H,3-8,14H2,1-2H3,(H,15,19);2*1H. The number of fused-ring (bicyclic) bond motifs is 1. The van der Waals surface area contributed by atoms with Gasteiger partial charge in [0.1, 0.15) is 5.82 Å². The minimum Gasteiger partial charge on any atom is -0.347 e. The van der Waals surface area contributed by atoms with Gasteiger partial charge in [0.25, 0.3) is 0 Å². The van der Waals surface area contributed by atoms with E-state index in [1.54, 1.807) is 0 Å². The van der Waals surface area contributed by atoms with E-state index in [2.05, 4.69) is 20.1 Å². The average Bonchev–Trinajstić information content (AvgIpc) is 2.62. The Kier molecular flexibility index (Phi) is 8.85. The molecule has 1 aromatic rings. The Morgan fingerprint density at radius 2 is 2.00 bits per heavy atom. The molecule has 1 unspecified atom stereocenters. The number of hydrogen-bond donors (Lipinski definition) is 2. The van der Waals surface area contributed by atoms with Gasteiger partial charge in [-0.05, 0) is 18.8 Å². The van der Waals surface area contributed by atoms with Crippen LogP contribution in [-0.2, 0) is 24.3 Å². The SMILES string of the molecule is CC(C)C(N)C(=O)NCc1nnc2n1CCCCC2.Cl.Cl. The summed E-state index contributed by atoms with van der Waals surface area (Å²) >= 11 is 0. The molecule has 0 fully saturated rings. The molecule has 1 amide bonds. The van der Waals surface area contributed by atoms with Crippen LogP contribution >= 0.6 is 24.8 Å². The third-order valence-electron chi connectivity index (χ3n) is 3.63. The van der Waals surface area contributed by atoms with Crippen LogP contribution in [0.5, 0.6) is 0 Å². The summed E-state index contributed by atoms with van der Waals surface area (Å²) in [7, 11) is 0. The third kappa shape index (κ3) is 5.13. The molecular weight excluding hydrogens is 313 g/mol. The van der Waals surface area contributed by atoms with E-state index in [0.29, 0.717) is 6.54 Å². The third-order valence-corrected chi connectivity index (χ3v) is 3.63.